The van der Waals surface area contributed by atoms with Crippen LogP contribution in [0.25, 0.3) is 0 Å². The highest BCUT2D eigenvalue weighted by molar-refractivity contribution is 5.80. The number of carbonyl (C=O) groups is 2. The zero-order valence-electron chi connectivity index (χ0n) is 11.0. The fourth-order valence-corrected chi connectivity index (χ4v) is 1.35. The largest absolute Gasteiger partial charge is 0.481 e. The number of carboxylic acid groups (broad SMARTS) is 1. The number of hydrogen-bond donors (Lipinski definition) is 1. The van der Waals surface area contributed by atoms with E-state index >= 15 is 0 Å². The Morgan fingerprint density at radius 2 is 1.88 bits per heavy atom. The van der Waals surface area contributed by atoms with Gasteiger partial charge in [-0.2, -0.15) is 0 Å². The molecule has 0 aromatic heterocycles. The third kappa shape index (κ3) is 6.09. The number of carbonyl (C=O) groups excluding carboxylic acids is 1. The Hall–Kier alpha value is -1.32. The van der Waals surface area contributed by atoms with Gasteiger partial charge in [-0.25, -0.2) is 0 Å². The van der Waals surface area contributed by atoms with Crippen LogP contribution in [0.5, 0.6) is 0 Å². The summed E-state index contributed by atoms with van der Waals surface area (Å²) >= 11 is 0. The number of hydrogen-bond acceptors (Lipinski definition) is 3. The van der Waals surface area contributed by atoms with Gasteiger partial charge in [-0.3, -0.25) is 9.59 Å². The van der Waals surface area contributed by atoms with Crippen molar-refractivity contribution in [3.8, 4) is 0 Å². The summed E-state index contributed by atoms with van der Waals surface area (Å²) in [6.45, 7) is 7.63. The average Bonchev–Trinajstić information content (AvgIpc) is 2.25. The Morgan fingerprint density at radius 3 is 2.29 bits per heavy atom. The predicted molar refractivity (Wildman–Crippen MR) is 65.5 cm³/mol. The first-order valence-electron chi connectivity index (χ1n) is 5.90. The standard InChI is InChI=1S/C13H22O4/c1-5-6-7-11(12(14)15)10(4)13(16)17-8-9(2)3/h5-6,9-11H,7-8H2,1-4H3,(H,14,15). The third-order valence-corrected chi connectivity index (χ3v) is 2.48. The molecule has 0 fully saturated rings. The zero-order valence-corrected chi connectivity index (χ0v) is 11.0. The van der Waals surface area contributed by atoms with Crippen LogP contribution in [-0.4, -0.2) is 23.7 Å². The van der Waals surface area contributed by atoms with E-state index < -0.39 is 23.8 Å². The van der Waals surface area contributed by atoms with E-state index in [1.807, 2.05) is 20.8 Å². The SMILES string of the molecule is CC=CCC(C(=O)O)C(C)C(=O)OCC(C)C. The lowest BCUT2D eigenvalue weighted by atomic mass is 9.91. The van der Waals surface area contributed by atoms with Crippen LogP contribution in [-0.2, 0) is 14.3 Å². The summed E-state index contributed by atoms with van der Waals surface area (Å²) in [6.07, 6.45) is 3.89. The van der Waals surface area contributed by atoms with Gasteiger partial charge in [-0.1, -0.05) is 32.9 Å². The minimum atomic E-state index is -0.961. The molecule has 0 saturated heterocycles. The van der Waals surface area contributed by atoms with Crippen LogP contribution in [0.2, 0.25) is 0 Å². The molecular weight excluding hydrogens is 220 g/mol. The van der Waals surface area contributed by atoms with E-state index in [0.717, 1.165) is 0 Å². The second-order valence-corrected chi connectivity index (χ2v) is 4.56. The van der Waals surface area contributed by atoms with Crippen LogP contribution in [0.4, 0.5) is 0 Å². The van der Waals surface area contributed by atoms with Crippen molar-refractivity contribution in [3.63, 3.8) is 0 Å². The molecule has 0 heterocycles. The fraction of sp³-hybridized carbons (Fsp3) is 0.692. The maximum Gasteiger partial charge on any atom is 0.309 e. The van der Waals surface area contributed by atoms with Crippen molar-refractivity contribution in [3.05, 3.63) is 12.2 Å². The van der Waals surface area contributed by atoms with Crippen LogP contribution in [0.1, 0.15) is 34.1 Å². The molecule has 0 aromatic rings. The Bertz CT molecular complexity index is 281. The van der Waals surface area contributed by atoms with Crippen molar-refractivity contribution >= 4 is 11.9 Å². The molecule has 0 radical (unpaired) electrons. The average molecular weight is 242 g/mol. The summed E-state index contributed by atoms with van der Waals surface area (Å²) in [7, 11) is 0. The molecule has 0 amide bonds. The molecule has 4 heteroatoms. The van der Waals surface area contributed by atoms with Crippen molar-refractivity contribution in [2.24, 2.45) is 17.8 Å². The van der Waals surface area contributed by atoms with Crippen LogP contribution >= 0.6 is 0 Å². The Labute approximate surface area is 103 Å². The fourth-order valence-electron chi connectivity index (χ4n) is 1.35. The lowest BCUT2D eigenvalue weighted by Gasteiger charge is -2.18. The van der Waals surface area contributed by atoms with Gasteiger partial charge in [0.2, 0.25) is 0 Å². The first kappa shape index (κ1) is 15.7. The summed E-state index contributed by atoms with van der Waals surface area (Å²) in [6, 6.07) is 0. The van der Waals surface area contributed by atoms with Crippen LogP contribution in [0.3, 0.4) is 0 Å². The van der Waals surface area contributed by atoms with Gasteiger partial charge in [0.1, 0.15) is 0 Å². The first-order valence-corrected chi connectivity index (χ1v) is 5.90. The molecule has 2 atom stereocenters. The topological polar surface area (TPSA) is 63.6 Å². The third-order valence-electron chi connectivity index (χ3n) is 2.48. The zero-order chi connectivity index (χ0) is 13.4. The van der Waals surface area contributed by atoms with Crippen molar-refractivity contribution in [1.29, 1.82) is 0 Å². The molecule has 0 aliphatic heterocycles. The number of aliphatic carboxylic acids is 1. The molecule has 1 N–H and O–H groups in total. The second kappa shape index (κ2) is 7.87. The van der Waals surface area contributed by atoms with E-state index in [1.165, 1.54) is 0 Å². The van der Waals surface area contributed by atoms with Gasteiger partial charge in [0.05, 0.1) is 18.4 Å². The molecule has 4 nitrogen and oxygen atoms in total. The van der Waals surface area contributed by atoms with E-state index in [9.17, 15) is 9.59 Å². The molecule has 0 rings (SSSR count). The molecule has 0 aliphatic carbocycles. The summed E-state index contributed by atoms with van der Waals surface area (Å²) in [5.41, 5.74) is 0. The minimum absolute atomic E-state index is 0.255. The van der Waals surface area contributed by atoms with Gasteiger partial charge in [0.15, 0.2) is 0 Å². The predicted octanol–water partition coefficient (Wildman–Crippen LogP) is 2.49. The molecule has 2 unspecified atom stereocenters. The van der Waals surface area contributed by atoms with Crippen LogP contribution < -0.4 is 0 Å². The molecule has 0 aliphatic rings. The molecule has 0 bridgehead atoms. The van der Waals surface area contributed by atoms with Gasteiger partial charge in [-0.05, 0) is 19.3 Å². The Morgan fingerprint density at radius 1 is 1.29 bits per heavy atom. The van der Waals surface area contributed by atoms with E-state index in [1.54, 1.807) is 19.1 Å². The second-order valence-electron chi connectivity index (χ2n) is 4.56. The first-order chi connectivity index (χ1) is 7.90. The van der Waals surface area contributed by atoms with Gasteiger partial charge in [0.25, 0.3) is 0 Å². The van der Waals surface area contributed by atoms with E-state index in [4.69, 9.17) is 9.84 Å². The number of esters is 1. The van der Waals surface area contributed by atoms with Crippen LogP contribution in [0, 0.1) is 17.8 Å². The van der Waals surface area contributed by atoms with E-state index in [0.29, 0.717) is 13.0 Å². The van der Waals surface area contributed by atoms with Gasteiger partial charge < -0.3 is 9.84 Å². The highest BCUT2D eigenvalue weighted by Gasteiger charge is 2.30. The molecule has 0 aromatic carbocycles. The lowest BCUT2D eigenvalue weighted by molar-refractivity contribution is -0.157. The normalized spacial score (nSPS) is 14.9. The summed E-state index contributed by atoms with van der Waals surface area (Å²) < 4.78 is 5.05. The van der Waals surface area contributed by atoms with Gasteiger partial charge in [0, 0.05) is 0 Å². The van der Waals surface area contributed by atoms with Crippen LogP contribution in [0.15, 0.2) is 12.2 Å². The lowest BCUT2D eigenvalue weighted by Crippen LogP contribution is -2.29. The summed E-state index contributed by atoms with van der Waals surface area (Å²) in [5.74, 6) is -2.48. The van der Waals surface area contributed by atoms with E-state index in [-0.39, 0.29) is 5.92 Å². The maximum atomic E-state index is 11.6. The van der Waals surface area contributed by atoms with Crippen molar-refractivity contribution in [2.45, 2.75) is 34.1 Å². The quantitative estimate of drug-likeness (QED) is 0.550. The smallest absolute Gasteiger partial charge is 0.309 e. The van der Waals surface area contributed by atoms with Gasteiger partial charge in [-0.15, -0.1) is 0 Å². The summed E-state index contributed by atoms with van der Waals surface area (Å²) in [5, 5.41) is 9.05. The maximum absolute atomic E-state index is 11.6. The monoisotopic (exact) mass is 242 g/mol. The molecule has 0 spiro atoms. The Balaban J connectivity index is 4.44. The van der Waals surface area contributed by atoms with Crippen molar-refractivity contribution in [2.75, 3.05) is 6.61 Å². The number of rotatable bonds is 7. The number of allylic oxidation sites excluding steroid dienone is 2. The van der Waals surface area contributed by atoms with E-state index in [2.05, 4.69) is 0 Å². The van der Waals surface area contributed by atoms with Crippen molar-refractivity contribution < 1.29 is 19.4 Å². The Kier molecular flexibility index (Phi) is 7.26. The molecule has 98 valence electrons. The number of carboxylic acids is 1. The van der Waals surface area contributed by atoms with Gasteiger partial charge >= 0.3 is 11.9 Å². The number of ether oxygens (including phenoxy) is 1. The summed E-state index contributed by atoms with van der Waals surface area (Å²) in [4.78, 5) is 22.7. The molecular formula is C13H22O4. The molecule has 17 heavy (non-hydrogen) atoms. The highest BCUT2D eigenvalue weighted by Crippen LogP contribution is 2.18. The highest BCUT2D eigenvalue weighted by atomic mass is 16.5. The minimum Gasteiger partial charge on any atom is -0.481 e. The molecule has 0 saturated carbocycles. The van der Waals surface area contributed by atoms with Crippen molar-refractivity contribution in [1.82, 2.24) is 0 Å².